The molecule has 0 radical (unpaired) electrons. The van der Waals surface area contributed by atoms with Crippen LogP contribution in [0.5, 0.6) is 0 Å². The molecule has 1 fully saturated rings. The van der Waals surface area contributed by atoms with Gasteiger partial charge in [0.1, 0.15) is 18.8 Å². The van der Waals surface area contributed by atoms with E-state index in [1.165, 1.54) is 23.1 Å². The van der Waals surface area contributed by atoms with E-state index < -0.39 is 0 Å². The molecule has 0 spiro atoms. The molecule has 2 aliphatic rings. The molecule has 0 atom stereocenters. The Bertz CT molecular complexity index is 1090. The number of rotatable bonds is 7. The Morgan fingerprint density at radius 2 is 2.09 bits per heavy atom. The Labute approximate surface area is 198 Å². The summed E-state index contributed by atoms with van der Waals surface area (Å²) >= 11 is 0. The number of cyclic esters (lactones) is 1. The van der Waals surface area contributed by atoms with E-state index in [1.54, 1.807) is 12.1 Å². The van der Waals surface area contributed by atoms with E-state index in [4.69, 9.17) is 16.4 Å². The van der Waals surface area contributed by atoms with Gasteiger partial charge in [-0.2, -0.15) is 5.10 Å². The van der Waals surface area contributed by atoms with Gasteiger partial charge in [0.05, 0.1) is 11.1 Å². The van der Waals surface area contributed by atoms with Crippen LogP contribution >= 0.6 is 0 Å². The van der Waals surface area contributed by atoms with E-state index in [2.05, 4.69) is 34.1 Å². The van der Waals surface area contributed by atoms with E-state index in [9.17, 15) is 9.59 Å². The van der Waals surface area contributed by atoms with Gasteiger partial charge in [-0.15, -0.1) is 0 Å². The van der Waals surface area contributed by atoms with Gasteiger partial charge in [-0.25, -0.2) is 20.6 Å². The van der Waals surface area contributed by atoms with Crippen LogP contribution in [0, 0.1) is 6.92 Å². The summed E-state index contributed by atoms with van der Waals surface area (Å²) in [5.41, 5.74) is 4.32. The molecule has 10 heteroatoms. The highest BCUT2D eigenvalue weighted by molar-refractivity contribution is 5.95. The average Bonchev–Trinajstić information content (AvgIpc) is 3.21. The number of benzene rings is 1. The zero-order chi connectivity index (χ0) is 24.3. The lowest BCUT2D eigenvalue weighted by molar-refractivity contribution is 0.0534. The summed E-state index contributed by atoms with van der Waals surface area (Å²) in [6, 6.07) is 7.25. The van der Waals surface area contributed by atoms with E-state index in [1.807, 2.05) is 12.1 Å². The highest BCUT2D eigenvalue weighted by atomic mass is 16.5. The van der Waals surface area contributed by atoms with Gasteiger partial charge in [0.2, 0.25) is 0 Å². The van der Waals surface area contributed by atoms with E-state index >= 15 is 0 Å². The number of hydrazone groups is 1. The van der Waals surface area contributed by atoms with E-state index in [-0.39, 0.29) is 17.4 Å². The van der Waals surface area contributed by atoms with Crippen LogP contribution in [0.1, 0.15) is 57.2 Å². The van der Waals surface area contributed by atoms with Crippen LogP contribution < -0.4 is 22.0 Å². The van der Waals surface area contributed by atoms with Crippen molar-refractivity contribution in [2.75, 3.05) is 24.6 Å². The molecule has 2 aliphatic heterocycles. The van der Waals surface area contributed by atoms with Gasteiger partial charge in [-0.05, 0) is 62.4 Å². The fourth-order valence-corrected chi connectivity index (χ4v) is 4.49. The minimum Gasteiger partial charge on any atom is -0.457 e. The monoisotopic (exact) mass is 465 g/mol. The number of likely N-dealkylation sites (tertiary alicyclic amines) is 1. The van der Waals surface area contributed by atoms with Gasteiger partial charge in [0, 0.05) is 36.9 Å². The third-order valence-electron chi connectivity index (χ3n) is 6.82. The average molecular weight is 466 g/mol. The summed E-state index contributed by atoms with van der Waals surface area (Å²) in [5.74, 6) is 10.9. The van der Waals surface area contributed by atoms with E-state index in [0.717, 1.165) is 50.0 Å². The maximum absolute atomic E-state index is 12.8. The molecule has 4 rings (SSSR count). The first-order valence-electron chi connectivity index (χ1n) is 11.4. The van der Waals surface area contributed by atoms with Crippen molar-refractivity contribution in [2.45, 2.75) is 45.3 Å². The van der Waals surface area contributed by atoms with Gasteiger partial charge >= 0.3 is 5.97 Å². The second kappa shape index (κ2) is 9.78. The molecule has 1 saturated heterocycles. The lowest BCUT2D eigenvalue weighted by atomic mass is 9.89. The Hall–Kier alpha value is -3.50. The molecule has 2 aromatic rings. The number of piperidine rings is 1. The van der Waals surface area contributed by atoms with Gasteiger partial charge in [0.25, 0.3) is 5.91 Å². The molecule has 180 valence electrons. The number of anilines is 1. The summed E-state index contributed by atoms with van der Waals surface area (Å²) in [7, 11) is 0. The highest BCUT2D eigenvalue weighted by Crippen LogP contribution is 2.27. The largest absolute Gasteiger partial charge is 0.457 e. The minimum atomic E-state index is -0.278. The first-order valence-corrected chi connectivity index (χ1v) is 11.4. The zero-order valence-electron chi connectivity index (χ0n) is 19.6. The van der Waals surface area contributed by atoms with Crippen molar-refractivity contribution in [3.63, 3.8) is 0 Å². The molecular formula is C24H31N7O3. The fraction of sp³-hybridized carbons (Fsp3) is 0.417. The van der Waals surface area contributed by atoms with Gasteiger partial charge in [-0.3, -0.25) is 4.79 Å². The molecule has 1 aromatic carbocycles. The SMILES string of the molecule is Cc1c(CCN2CCC(C)(NC(=O)c3ccc(N(N)/C=N\N)nc3)CC2)ccc2c1COC2=O. The molecule has 10 nitrogen and oxygen atoms in total. The van der Waals surface area contributed by atoms with Crippen molar-refractivity contribution in [3.05, 3.63) is 58.3 Å². The van der Waals surface area contributed by atoms with Gasteiger partial charge in [0.15, 0.2) is 0 Å². The van der Waals surface area contributed by atoms with Crippen LogP contribution in [-0.4, -0.2) is 53.3 Å². The topological polar surface area (TPSA) is 139 Å². The van der Waals surface area contributed by atoms with E-state index in [0.29, 0.717) is 23.6 Å². The second-order valence-corrected chi connectivity index (χ2v) is 9.14. The maximum atomic E-state index is 12.8. The number of nitrogens with zero attached hydrogens (tertiary/aromatic N) is 4. The summed E-state index contributed by atoms with van der Waals surface area (Å²) in [6.45, 7) is 7.27. The number of pyridine rings is 1. The maximum Gasteiger partial charge on any atom is 0.338 e. The first kappa shape index (κ1) is 23.7. The van der Waals surface area contributed by atoms with Crippen molar-refractivity contribution < 1.29 is 14.3 Å². The van der Waals surface area contributed by atoms with Crippen LogP contribution in [0.25, 0.3) is 0 Å². The number of carbonyl (C=O) groups excluding carboxylic acids is 2. The molecule has 1 aromatic heterocycles. The molecule has 0 aliphatic carbocycles. The van der Waals surface area contributed by atoms with Crippen molar-refractivity contribution in [2.24, 2.45) is 16.8 Å². The molecule has 5 N–H and O–H groups in total. The normalized spacial score (nSPS) is 17.4. The molecule has 0 unspecified atom stereocenters. The molecule has 1 amide bonds. The molecule has 3 heterocycles. The number of nitrogens with two attached hydrogens (primary N) is 2. The summed E-state index contributed by atoms with van der Waals surface area (Å²) < 4.78 is 5.16. The number of nitrogens with one attached hydrogen (secondary N) is 1. The second-order valence-electron chi connectivity index (χ2n) is 9.14. The Kier molecular flexibility index (Phi) is 6.80. The van der Waals surface area contributed by atoms with Crippen LogP contribution in [0.4, 0.5) is 5.82 Å². The quantitative estimate of drug-likeness (QED) is 0.184. The van der Waals surface area contributed by atoms with Crippen LogP contribution in [0.15, 0.2) is 35.6 Å². The van der Waals surface area contributed by atoms with Crippen molar-refractivity contribution in [3.8, 4) is 0 Å². The Morgan fingerprint density at radius 3 is 2.76 bits per heavy atom. The van der Waals surface area contributed by atoms with Gasteiger partial charge < -0.3 is 20.8 Å². The summed E-state index contributed by atoms with van der Waals surface area (Å²) in [4.78, 5) is 31.1. The predicted octanol–water partition coefficient (Wildman–Crippen LogP) is 1.47. The third kappa shape index (κ3) is 5.02. The first-order chi connectivity index (χ1) is 16.3. The number of carbonyl (C=O) groups is 2. The Balaban J connectivity index is 1.28. The number of hydrogen-bond acceptors (Lipinski definition) is 8. The number of aromatic nitrogens is 1. The van der Waals surface area contributed by atoms with Crippen molar-refractivity contribution in [1.82, 2.24) is 15.2 Å². The van der Waals surface area contributed by atoms with Crippen molar-refractivity contribution >= 4 is 24.0 Å². The number of fused-ring (bicyclic) bond motifs is 1. The molecule has 0 saturated carbocycles. The highest BCUT2D eigenvalue weighted by Gasteiger charge is 2.32. The number of hydrogen-bond donors (Lipinski definition) is 3. The predicted molar refractivity (Wildman–Crippen MR) is 129 cm³/mol. The van der Waals surface area contributed by atoms with Crippen LogP contribution in [-0.2, 0) is 17.8 Å². The molecule has 0 bridgehead atoms. The number of amides is 1. The number of esters is 1. The van der Waals surface area contributed by atoms with Crippen molar-refractivity contribution in [1.29, 1.82) is 0 Å². The summed E-state index contributed by atoms with van der Waals surface area (Å²) in [5, 5.41) is 7.70. The lowest BCUT2D eigenvalue weighted by Crippen LogP contribution is -2.53. The standard InChI is InChI=1S/C24H31N7O3/c1-16-17(3-5-19-20(16)14-34-23(19)33)7-10-30-11-8-24(2,9-12-30)29-22(32)18-4-6-21(27-13-18)31(26)15-28-25/h3-6,13,15H,7-12,14,25-26H2,1-2H3,(H,29,32)/b28-15-. The smallest absolute Gasteiger partial charge is 0.338 e. The minimum absolute atomic E-state index is 0.156. The lowest BCUT2D eigenvalue weighted by Gasteiger charge is -2.40. The molecular weight excluding hydrogens is 434 g/mol. The number of hydrazine groups is 1. The fourth-order valence-electron chi connectivity index (χ4n) is 4.49. The van der Waals surface area contributed by atoms with Crippen LogP contribution in [0.3, 0.4) is 0 Å². The molecule has 34 heavy (non-hydrogen) atoms. The van der Waals surface area contributed by atoms with Gasteiger partial charge in [-0.1, -0.05) is 6.07 Å². The summed E-state index contributed by atoms with van der Waals surface area (Å²) in [6.07, 6.45) is 5.36. The Morgan fingerprint density at radius 1 is 1.32 bits per heavy atom. The third-order valence-corrected chi connectivity index (χ3v) is 6.82. The number of ether oxygens (including phenoxy) is 1. The van der Waals surface area contributed by atoms with Crippen LogP contribution in [0.2, 0.25) is 0 Å². The zero-order valence-corrected chi connectivity index (χ0v) is 19.6.